The molecule has 0 aliphatic heterocycles. The molecule has 0 saturated heterocycles. The first-order valence-corrected chi connectivity index (χ1v) is 7.23. The van der Waals surface area contributed by atoms with Crippen LogP contribution in [0.15, 0.2) is 18.2 Å². The molecule has 0 aromatic heterocycles. The number of carbonyl (C=O) groups excluding carboxylic acids is 1. The summed E-state index contributed by atoms with van der Waals surface area (Å²) < 4.78 is 31.5. The fourth-order valence-electron chi connectivity index (χ4n) is 1.35. The predicted octanol–water partition coefficient (Wildman–Crippen LogP) is 0.758. The minimum absolute atomic E-state index is 0.155. The highest BCUT2D eigenvalue weighted by Gasteiger charge is 2.19. The Morgan fingerprint density at radius 2 is 1.95 bits per heavy atom. The van der Waals surface area contributed by atoms with Crippen molar-refractivity contribution in [2.75, 3.05) is 10.5 Å². The summed E-state index contributed by atoms with van der Waals surface area (Å²) in [6.07, 6.45) is -1.68. The molecule has 21 heavy (non-hydrogen) atoms. The topological polar surface area (TPSA) is 148 Å². The Hall–Kier alpha value is -2.49. The molecule has 0 radical (unpaired) electrons. The highest BCUT2D eigenvalue weighted by atomic mass is 32.2. The third-order valence-corrected chi connectivity index (χ3v) is 3.00. The molecule has 9 nitrogen and oxygen atoms in total. The van der Waals surface area contributed by atoms with Gasteiger partial charge in [0.25, 0.3) is 0 Å². The summed E-state index contributed by atoms with van der Waals surface area (Å²) in [7, 11) is -4.33. The van der Waals surface area contributed by atoms with Gasteiger partial charge in [-0.2, -0.15) is 8.42 Å². The van der Waals surface area contributed by atoms with Gasteiger partial charge in [0.1, 0.15) is 0 Å². The van der Waals surface area contributed by atoms with E-state index in [9.17, 15) is 18.0 Å². The van der Waals surface area contributed by atoms with E-state index >= 15 is 0 Å². The van der Waals surface area contributed by atoms with E-state index in [0.29, 0.717) is 0 Å². The van der Waals surface area contributed by atoms with Gasteiger partial charge in [0.2, 0.25) is 0 Å². The number of nitrogens with two attached hydrogens (primary N) is 1. The number of anilines is 2. The maximum atomic E-state index is 11.7. The van der Waals surface area contributed by atoms with Crippen LogP contribution in [0.5, 0.6) is 0 Å². The van der Waals surface area contributed by atoms with Crippen LogP contribution in [-0.2, 0) is 14.9 Å². The van der Waals surface area contributed by atoms with Gasteiger partial charge in [-0.05, 0) is 32.0 Å². The lowest BCUT2D eigenvalue weighted by atomic mass is 10.1. The quantitative estimate of drug-likeness (QED) is 0.586. The Balaban J connectivity index is 2.94. The normalized spacial score (nSPS) is 11.0. The van der Waals surface area contributed by atoms with E-state index in [1.165, 1.54) is 12.1 Å². The smallest absolute Gasteiger partial charge is 0.422 e. The lowest BCUT2D eigenvalue weighted by Crippen LogP contribution is -2.37. The van der Waals surface area contributed by atoms with Crippen LogP contribution >= 0.6 is 0 Å². The second kappa shape index (κ2) is 6.31. The maximum Gasteiger partial charge on any atom is 0.422 e. The number of carbonyl (C=O) groups is 2. The molecule has 0 fully saturated rings. The molecule has 1 aromatic rings. The number of nitrogens with one attached hydrogen (secondary N) is 2. The second-order valence-corrected chi connectivity index (χ2v) is 5.69. The van der Waals surface area contributed by atoms with Gasteiger partial charge in [-0.15, -0.1) is 0 Å². The summed E-state index contributed by atoms with van der Waals surface area (Å²) >= 11 is 0. The highest BCUT2D eigenvalue weighted by molar-refractivity contribution is 7.91. The number of carboxylic acids is 1. The molecular formula is C11H15N3O6S. The zero-order chi connectivity index (χ0) is 16.2. The third-order valence-electron chi connectivity index (χ3n) is 2.08. The van der Waals surface area contributed by atoms with E-state index in [0.717, 1.165) is 6.07 Å². The summed E-state index contributed by atoms with van der Waals surface area (Å²) in [5, 5.41) is 8.99. The minimum Gasteiger partial charge on any atom is -0.478 e. The number of amides is 1. The molecule has 1 rings (SSSR count). The summed E-state index contributed by atoms with van der Waals surface area (Å²) in [5.74, 6) is -1.37. The van der Waals surface area contributed by atoms with Crippen molar-refractivity contribution in [3.8, 4) is 0 Å². The summed E-state index contributed by atoms with van der Waals surface area (Å²) in [6, 6.07) is 3.58. The Kier molecular flexibility index (Phi) is 4.97. The van der Waals surface area contributed by atoms with Gasteiger partial charge in [-0.25, -0.2) is 14.3 Å². The molecule has 0 spiro atoms. The van der Waals surface area contributed by atoms with Crippen LogP contribution in [-0.4, -0.2) is 31.7 Å². The summed E-state index contributed by atoms with van der Waals surface area (Å²) in [5.41, 5.74) is 5.01. The highest BCUT2D eigenvalue weighted by Crippen LogP contribution is 2.19. The number of benzene rings is 1. The Labute approximate surface area is 121 Å². The van der Waals surface area contributed by atoms with Crippen molar-refractivity contribution in [1.82, 2.24) is 4.72 Å². The Morgan fingerprint density at radius 1 is 1.33 bits per heavy atom. The molecule has 0 aliphatic carbocycles. The average molecular weight is 317 g/mol. The zero-order valence-corrected chi connectivity index (χ0v) is 12.1. The number of ether oxygens (including phenoxy) is 1. The first kappa shape index (κ1) is 16.6. The number of aromatic carboxylic acids is 1. The van der Waals surface area contributed by atoms with E-state index in [1.54, 1.807) is 18.6 Å². The number of hydrogen-bond acceptors (Lipinski definition) is 6. The number of hydrogen-bond donors (Lipinski definition) is 4. The number of carboxylic acid groups (broad SMARTS) is 1. The Morgan fingerprint density at radius 3 is 2.48 bits per heavy atom. The maximum absolute atomic E-state index is 11.7. The van der Waals surface area contributed by atoms with E-state index in [1.807, 2.05) is 4.72 Å². The number of rotatable bonds is 5. The van der Waals surface area contributed by atoms with Crippen LogP contribution in [0.3, 0.4) is 0 Å². The first-order valence-electron chi connectivity index (χ1n) is 5.74. The van der Waals surface area contributed by atoms with E-state index in [2.05, 4.69) is 4.74 Å². The largest absolute Gasteiger partial charge is 0.478 e. The molecule has 0 atom stereocenters. The van der Waals surface area contributed by atoms with Crippen LogP contribution in [0.1, 0.15) is 24.2 Å². The average Bonchev–Trinajstić information content (AvgIpc) is 2.28. The van der Waals surface area contributed by atoms with E-state index in [-0.39, 0.29) is 16.9 Å². The van der Waals surface area contributed by atoms with Crippen LogP contribution in [0.2, 0.25) is 0 Å². The van der Waals surface area contributed by atoms with Gasteiger partial charge in [-0.1, -0.05) is 0 Å². The molecule has 0 heterocycles. The monoisotopic (exact) mass is 317 g/mol. The van der Waals surface area contributed by atoms with Crippen LogP contribution in [0, 0.1) is 0 Å². The van der Waals surface area contributed by atoms with Crippen LogP contribution < -0.4 is 15.2 Å². The standard InChI is InChI=1S/C11H15N3O6S/c1-6(2)20-11(17)14-21(18,19)13-9-4-3-7(12)5-8(9)10(15)16/h3-6,13H,12H2,1-2H3,(H,14,17)(H,15,16). The molecule has 0 unspecified atom stereocenters. The van der Waals surface area contributed by atoms with Crippen molar-refractivity contribution in [2.45, 2.75) is 20.0 Å². The SMILES string of the molecule is CC(C)OC(=O)NS(=O)(=O)Nc1ccc(N)cc1C(=O)O. The fourth-order valence-corrected chi connectivity index (χ4v) is 2.13. The molecule has 116 valence electrons. The van der Waals surface area contributed by atoms with Gasteiger partial charge >= 0.3 is 22.3 Å². The fraction of sp³-hybridized carbons (Fsp3) is 0.273. The summed E-state index contributed by atoms with van der Waals surface area (Å²) in [4.78, 5) is 22.3. The molecule has 5 N–H and O–H groups in total. The lowest BCUT2D eigenvalue weighted by Gasteiger charge is -2.13. The van der Waals surface area contributed by atoms with Crippen molar-refractivity contribution in [3.05, 3.63) is 23.8 Å². The predicted molar refractivity (Wildman–Crippen MR) is 75.1 cm³/mol. The van der Waals surface area contributed by atoms with Gasteiger partial charge in [0, 0.05) is 5.69 Å². The zero-order valence-electron chi connectivity index (χ0n) is 11.3. The van der Waals surface area contributed by atoms with Crippen molar-refractivity contribution >= 4 is 33.6 Å². The molecule has 0 bridgehead atoms. The summed E-state index contributed by atoms with van der Waals surface area (Å²) in [6.45, 7) is 3.09. The van der Waals surface area contributed by atoms with Gasteiger partial charge in [0.05, 0.1) is 17.4 Å². The number of nitrogen functional groups attached to an aromatic ring is 1. The van der Waals surface area contributed by atoms with Gasteiger partial charge in [0.15, 0.2) is 0 Å². The first-order chi connectivity index (χ1) is 9.60. The van der Waals surface area contributed by atoms with Crippen molar-refractivity contribution in [2.24, 2.45) is 0 Å². The van der Waals surface area contributed by atoms with Crippen LogP contribution in [0.25, 0.3) is 0 Å². The van der Waals surface area contributed by atoms with Crippen molar-refractivity contribution in [3.63, 3.8) is 0 Å². The second-order valence-electron chi connectivity index (χ2n) is 4.27. The van der Waals surface area contributed by atoms with E-state index in [4.69, 9.17) is 10.8 Å². The molecular weight excluding hydrogens is 302 g/mol. The molecule has 1 aromatic carbocycles. The van der Waals surface area contributed by atoms with Crippen molar-refractivity contribution in [1.29, 1.82) is 0 Å². The molecule has 1 amide bonds. The van der Waals surface area contributed by atoms with Gasteiger partial charge < -0.3 is 15.6 Å². The third kappa shape index (κ3) is 5.18. The van der Waals surface area contributed by atoms with Gasteiger partial charge in [-0.3, -0.25) is 4.72 Å². The molecule has 0 saturated carbocycles. The lowest BCUT2D eigenvalue weighted by molar-refractivity contribution is 0.0698. The van der Waals surface area contributed by atoms with E-state index < -0.39 is 28.4 Å². The van der Waals surface area contributed by atoms with Crippen LogP contribution in [0.4, 0.5) is 16.2 Å². The molecule has 0 aliphatic rings. The minimum atomic E-state index is -4.33. The van der Waals surface area contributed by atoms with Crippen molar-refractivity contribution < 1.29 is 27.9 Å². The Bertz CT molecular complexity index is 656. The molecule has 10 heteroatoms.